The van der Waals surface area contributed by atoms with Gasteiger partial charge in [-0.25, -0.2) is 13.1 Å². The highest BCUT2D eigenvalue weighted by molar-refractivity contribution is 7.89. The van der Waals surface area contributed by atoms with Crippen molar-refractivity contribution in [2.45, 2.75) is 18.7 Å². The van der Waals surface area contributed by atoms with Crippen LogP contribution in [0.4, 0.5) is 0 Å². The molecule has 1 rings (SSSR count). The van der Waals surface area contributed by atoms with Crippen LogP contribution < -0.4 is 10.0 Å². The molecule has 0 atom stereocenters. The van der Waals surface area contributed by atoms with Crippen LogP contribution in [0.3, 0.4) is 0 Å². The normalized spacial score (nSPS) is 11.4. The molecule has 0 aliphatic rings. The Morgan fingerprint density at radius 2 is 1.90 bits per heavy atom. The molecule has 0 aromatic carbocycles. The lowest BCUT2D eigenvalue weighted by Gasteiger charge is -2.08. The van der Waals surface area contributed by atoms with Crippen molar-refractivity contribution in [3.8, 4) is 0 Å². The van der Waals surface area contributed by atoms with Crippen LogP contribution in [0.5, 0.6) is 0 Å². The second kappa shape index (κ2) is 8.58. The smallest absolute Gasteiger partial charge is 0.244 e. The van der Waals surface area contributed by atoms with Crippen LogP contribution in [0.25, 0.3) is 0 Å². The van der Waals surface area contributed by atoms with Gasteiger partial charge in [0.1, 0.15) is 4.90 Å². The van der Waals surface area contributed by atoms with Gasteiger partial charge in [-0.3, -0.25) is 4.68 Å². The van der Waals surface area contributed by atoms with Crippen LogP contribution in [0.15, 0.2) is 4.90 Å². The number of hydrogen-bond acceptors (Lipinski definition) is 5. The van der Waals surface area contributed by atoms with Gasteiger partial charge in [0.15, 0.2) is 0 Å². The second-order valence-electron chi connectivity index (χ2n) is 4.26. The highest BCUT2D eigenvalue weighted by Gasteiger charge is 2.22. The van der Waals surface area contributed by atoms with Crippen molar-refractivity contribution in [3.05, 3.63) is 11.4 Å². The van der Waals surface area contributed by atoms with Crippen LogP contribution in [0.2, 0.25) is 0 Å². The molecular weight excluding hydrogens is 304 g/mol. The fourth-order valence-electron chi connectivity index (χ4n) is 1.79. The third-order valence-corrected chi connectivity index (χ3v) is 4.50. The van der Waals surface area contributed by atoms with E-state index < -0.39 is 10.0 Å². The van der Waals surface area contributed by atoms with Gasteiger partial charge in [-0.2, -0.15) is 5.10 Å². The maximum absolute atomic E-state index is 12.2. The summed E-state index contributed by atoms with van der Waals surface area (Å²) in [7, 11) is -0.145. The van der Waals surface area contributed by atoms with E-state index in [4.69, 9.17) is 4.74 Å². The molecule has 0 spiro atoms. The zero-order chi connectivity index (χ0) is 14.5. The summed E-state index contributed by atoms with van der Waals surface area (Å²) in [6.07, 6.45) is 0. The highest BCUT2D eigenvalue weighted by Crippen LogP contribution is 2.17. The monoisotopic (exact) mass is 326 g/mol. The van der Waals surface area contributed by atoms with Crippen molar-refractivity contribution >= 4 is 22.4 Å². The minimum absolute atomic E-state index is 0. The van der Waals surface area contributed by atoms with Crippen molar-refractivity contribution in [1.29, 1.82) is 0 Å². The summed E-state index contributed by atoms with van der Waals surface area (Å²) in [6, 6.07) is 0. The molecule has 20 heavy (non-hydrogen) atoms. The molecule has 2 N–H and O–H groups in total. The fourth-order valence-corrected chi connectivity index (χ4v) is 3.25. The van der Waals surface area contributed by atoms with Crippen LogP contribution in [0.1, 0.15) is 11.4 Å². The second-order valence-corrected chi connectivity index (χ2v) is 5.97. The SMILES string of the molecule is COCCNCCNS(=O)(=O)c1c(C)nn(C)c1C.Cl. The first kappa shape index (κ1) is 19.3. The Morgan fingerprint density at radius 1 is 1.25 bits per heavy atom. The largest absolute Gasteiger partial charge is 0.383 e. The molecule has 0 aliphatic carbocycles. The predicted molar refractivity (Wildman–Crippen MR) is 79.9 cm³/mol. The van der Waals surface area contributed by atoms with Crippen LogP contribution in [-0.4, -0.2) is 51.5 Å². The lowest BCUT2D eigenvalue weighted by Crippen LogP contribution is -2.33. The first-order valence-corrected chi connectivity index (χ1v) is 7.58. The molecule has 0 aliphatic heterocycles. The Balaban J connectivity index is 0.00000361. The molecular formula is C11H23ClN4O3S. The Kier molecular flexibility index (Phi) is 8.29. The summed E-state index contributed by atoms with van der Waals surface area (Å²) in [6.45, 7) is 5.63. The van der Waals surface area contributed by atoms with Crippen LogP contribution in [-0.2, 0) is 21.8 Å². The Hall–Kier alpha value is -0.670. The van der Waals surface area contributed by atoms with Gasteiger partial charge in [0, 0.05) is 33.8 Å². The summed E-state index contributed by atoms with van der Waals surface area (Å²) >= 11 is 0. The number of aryl methyl sites for hydroxylation is 2. The summed E-state index contributed by atoms with van der Waals surface area (Å²) < 4.78 is 33.3. The van der Waals surface area contributed by atoms with Gasteiger partial charge in [-0.15, -0.1) is 12.4 Å². The number of rotatable bonds is 8. The number of nitrogens with one attached hydrogen (secondary N) is 2. The molecule has 1 aromatic heterocycles. The molecule has 0 unspecified atom stereocenters. The van der Waals surface area contributed by atoms with E-state index in [1.165, 1.54) is 0 Å². The van der Waals surface area contributed by atoms with Gasteiger partial charge in [-0.1, -0.05) is 0 Å². The van der Waals surface area contributed by atoms with E-state index in [-0.39, 0.29) is 17.3 Å². The van der Waals surface area contributed by atoms with Crippen molar-refractivity contribution in [1.82, 2.24) is 19.8 Å². The van der Waals surface area contributed by atoms with E-state index >= 15 is 0 Å². The van der Waals surface area contributed by atoms with Gasteiger partial charge < -0.3 is 10.1 Å². The van der Waals surface area contributed by atoms with E-state index in [0.29, 0.717) is 37.6 Å². The fraction of sp³-hybridized carbons (Fsp3) is 0.727. The topological polar surface area (TPSA) is 85.2 Å². The molecule has 118 valence electrons. The number of halogens is 1. The van der Waals surface area contributed by atoms with Gasteiger partial charge in [0.2, 0.25) is 10.0 Å². The molecule has 0 bridgehead atoms. The van der Waals surface area contributed by atoms with Crippen molar-refractivity contribution in [3.63, 3.8) is 0 Å². The minimum atomic E-state index is -3.50. The number of hydrogen-bond donors (Lipinski definition) is 2. The van der Waals surface area contributed by atoms with Gasteiger partial charge in [0.05, 0.1) is 18.0 Å². The Bertz CT molecular complexity index is 516. The van der Waals surface area contributed by atoms with Gasteiger partial charge >= 0.3 is 0 Å². The lowest BCUT2D eigenvalue weighted by atomic mass is 10.4. The number of methoxy groups -OCH3 is 1. The summed E-state index contributed by atoms with van der Waals surface area (Å²) in [5.41, 5.74) is 1.15. The van der Waals surface area contributed by atoms with E-state index in [1.54, 1.807) is 32.7 Å². The summed E-state index contributed by atoms with van der Waals surface area (Å²) in [4.78, 5) is 0.270. The average molecular weight is 327 g/mol. The Labute approximate surface area is 126 Å². The number of sulfonamides is 1. The quantitative estimate of drug-likeness (QED) is 0.655. The first-order valence-electron chi connectivity index (χ1n) is 6.09. The molecule has 0 radical (unpaired) electrons. The van der Waals surface area contributed by atoms with Crippen LogP contribution in [0, 0.1) is 13.8 Å². The molecule has 0 saturated carbocycles. The molecule has 0 saturated heterocycles. The average Bonchev–Trinajstić information content (AvgIpc) is 2.58. The van der Waals surface area contributed by atoms with E-state index in [2.05, 4.69) is 15.1 Å². The first-order chi connectivity index (χ1) is 8.90. The van der Waals surface area contributed by atoms with Crippen LogP contribution >= 0.6 is 12.4 Å². The molecule has 7 nitrogen and oxygen atoms in total. The Morgan fingerprint density at radius 3 is 2.40 bits per heavy atom. The van der Waals surface area contributed by atoms with E-state index in [1.807, 2.05) is 0 Å². The zero-order valence-corrected chi connectivity index (χ0v) is 13.9. The summed E-state index contributed by atoms with van der Waals surface area (Å²) in [5, 5.41) is 7.18. The third kappa shape index (κ3) is 5.02. The number of ether oxygens (including phenoxy) is 1. The standard InChI is InChI=1S/C11H22N4O3S.ClH/c1-9-11(10(2)15(3)14-9)19(16,17)13-6-5-12-7-8-18-4;/h12-13H,5-8H2,1-4H3;1H. The lowest BCUT2D eigenvalue weighted by molar-refractivity contribution is 0.199. The molecule has 1 aromatic rings. The maximum atomic E-state index is 12.2. The summed E-state index contributed by atoms with van der Waals surface area (Å²) in [5.74, 6) is 0. The molecule has 0 amide bonds. The molecule has 0 fully saturated rings. The predicted octanol–water partition coefficient (Wildman–Crippen LogP) is -0.0270. The van der Waals surface area contributed by atoms with Crippen molar-refractivity contribution in [2.24, 2.45) is 7.05 Å². The van der Waals surface area contributed by atoms with Gasteiger partial charge in [-0.05, 0) is 13.8 Å². The van der Waals surface area contributed by atoms with Crippen molar-refractivity contribution < 1.29 is 13.2 Å². The van der Waals surface area contributed by atoms with E-state index in [9.17, 15) is 8.42 Å². The number of aromatic nitrogens is 2. The van der Waals surface area contributed by atoms with E-state index in [0.717, 1.165) is 0 Å². The maximum Gasteiger partial charge on any atom is 0.244 e. The minimum Gasteiger partial charge on any atom is -0.383 e. The zero-order valence-electron chi connectivity index (χ0n) is 12.3. The molecule has 1 heterocycles. The molecule has 9 heteroatoms. The number of nitrogens with zero attached hydrogens (tertiary/aromatic N) is 2. The highest BCUT2D eigenvalue weighted by atomic mass is 35.5. The van der Waals surface area contributed by atoms with Crippen molar-refractivity contribution in [2.75, 3.05) is 33.4 Å². The van der Waals surface area contributed by atoms with Gasteiger partial charge in [0.25, 0.3) is 0 Å². The third-order valence-electron chi connectivity index (χ3n) is 2.79.